The molecule has 1 aromatic carbocycles. The first-order chi connectivity index (χ1) is 6.07. The predicted molar refractivity (Wildman–Crippen MR) is 54.6 cm³/mol. The van der Waals surface area contributed by atoms with E-state index < -0.39 is 0 Å². The fraction of sp³-hybridized carbons (Fsp3) is 0.333. The van der Waals surface area contributed by atoms with Crippen LogP contribution in [0.3, 0.4) is 0 Å². The molecule has 1 N–H and O–H groups in total. The van der Waals surface area contributed by atoms with E-state index in [1.54, 1.807) is 13.0 Å². The zero-order valence-electron chi connectivity index (χ0n) is 7.02. The molecule has 13 heavy (non-hydrogen) atoms. The highest BCUT2D eigenvalue weighted by atomic mass is 79.9. The molecular weight excluding hydrogens is 258 g/mol. The average Bonchev–Trinajstić information content (AvgIpc) is 2.12. The zero-order valence-corrected chi connectivity index (χ0v) is 9.36. The van der Waals surface area contributed by atoms with Gasteiger partial charge in [-0.05, 0) is 28.1 Å². The van der Waals surface area contributed by atoms with Gasteiger partial charge in [0.25, 0.3) is 0 Å². The van der Waals surface area contributed by atoms with Crippen LogP contribution in [0.5, 0.6) is 0 Å². The van der Waals surface area contributed by atoms with Crippen molar-refractivity contribution in [1.82, 2.24) is 0 Å². The Morgan fingerprint density at radius 1 is 1.62 bits per heavy atom. The minimum absolute atomic E-state index is 0.118. The molecule has 0 aromatic heterocycles. The summed E-state index contributed by atoms with van der Waals surface area (Å²) in [5.41, 5.74) is 0.360. The smallest absolute Gasteiger partial charge is 0.128 e. The summed E-state index contributed by atoms with van der Waals surface area (Å²) in [6.45, 7) is 1.60. The van der Waals surface area contributed by atoms with Crippen LogP contribution in [0.25, 0.3) is 0 Å². The summed E-state index contributed by atoms with van der Waals surface area (Å²) in [4.78, 5) is 0. The van der Waals surface area contributed by atoms with E-state index in [1.807, 2.05) is 0 Å². The van der Waals surface area contributed by atoms with Crippen LogP contribution < -0.4 is 0 Å². The highest BCUT2D eigenvalue weighted by Crippen LogP contribution is 2.32. The van der Waals surface area contributed by atoms with Gasteiger partial charge < -0.3 is 5.11 Å². The van der Waals surface area contributed by atoms with Crippen LogP contribution in [-0.4, -0.2) is 11.7 Å². The highest BCUT2D eigenvalue weighted by Gasteiger charge is 2.15. The Bertz CT molecular complexity index is 317. The molecule has 0 heterocycles. The first-order valence-electron chi connectivity index (χ1n) is 3.82. The minimum Gasteiger partial charge on any atom is -0.396 e. The van der Waals surface area contributed by atoms with Crippen LogP contribution >= 0.6 is 27.5 Å². The summed E-state index contributed by atoms with van der Waals surface area (Å²) in [5.74, 6) is -0.667. The molecule has 0 radical (unpaired) electrons. The quantitative estimate of drug-likeness (QED) is 0.815. The first-order valence-corrected chi connectivity index (χ1v) is 4.99. The van der Waals surface area contributed by atoms with Crippen molar-refractivity contribution in [1.29, 1.82) is 0 Å². The molecule has 0 fully saturated rings. The minimum atomic E-state index is -0.380. The van der Waals surface area contributed by atoms with Crippen molar-refractivity contribution in [2.75, 3.05) is 6.61 Å². The molecule has 0 aliphatic heterocycles. The third kappa shape index (κ3) is 2.22. The lowest BCUT2D eigenvalue weighted by Crippen LogP contribution is -2.03. The van der Waals surface area contributed by atoms with E-state index in [1.165, 1.54) is 6.07 Å². The van der Waals surface area contributed by atoms with Crippen molar-refractivity contribution >= 4 is 27.5 Å². The van der Waals surface area contributed by atoms with Gasteiger partial charge in [-0.15, -0.1) is 0 Å². The van der Waals surface area contributed by atoms with Crippen molar-refractivity contribution in [3.8, 4) is 0 Å². The molecule has 0 saturated carbocycles. The van der Waals surface area contributed by atoms with E-state index in [4.69, 9.17) is 16.7 Å². The van der Waals surface area contributed by atoms with Gasteiger partial charge in [-0.1, -0.05) is 18.5 Å². The molecular formula is C9H9BrClFO. The number of halogens is 3. The molecule has 0 bridgehead atoms. The van der Waals surface area contributed by atoms with E-state index in [0.29, 0.717) is 15.1 Å². The molecule has 1 aromatic rings. The normalized spacial score (nSPS) is 13.0. The summed E-state index contributed by atoms with van der Waals surface area (Å²) >= 11 is 9.07. The Balaban J connectivity index is 3.25. The first kappa shape index (κ1) is 11.0. The SMILES string of the molecule is CC(CO)c1c(F)ccc(Br)c1Cl. The molecule has 0 spiro atoms. The molecule has 0 aliphatic carbocycles. The van der Waals surface area contributed by atoms with E-state index in [9.17, 15) is 4.39 Å². The fourth-order valence-corrected chi connectivity index (χ4v) is 1.77. The van der Waals surface area contributed by atoms with Crippen LogP contribution in [0.4, 0.5) is 4.39 Å². The summed E-state index contributed by atoms with van der Waals surface area (Å²) in [5, 5.41) is 9.22. The predicted octanol–water partition coefficient (Wildman–Crippen LogP) is 3.34. The van der Waals surface area contributed by atoms with Crippen molar-refractivity contribution in [3.05, 3.63) is 33.0 Å². The maximum atomic E-state index is 13.3. The lowest BCUT2D eigenvalue weighted by molar-refractivity contribution is 0.270. The van der Waals surface area contributed by atoms with Gasteiger partial charge >= 0.3 is 0 Å². The molecule has 1 atom stereocenters. The van der Waals surface area contributed by atoms with Gasteiger partial charge in [0, 0.05) is 22.6 Å². The maximum absolute atomic E-state index is 13.3. The standard InChI is InChI=1S/C9H9BrClFO/c1-5(4-13)8-7(12)3-2-6(10)9(8)11/h2-3,5,13H,4H2,1H3. The maximum Gasteiger partial charge on any atom is 0.128 e. The van der Waals surface area contributed by atoms with Gasteiger partial charge in [-0.25, -0.2) is 4.39 Å². The highest BCUT2D eigenvalue weighted by molar-refractivity contribution is 9.10. The van der Waals surface area contributed by atoms with E-state index >= 15 is 0 Å². The second-order valence-corrected chi connectivity index (χ2v) is 4.07. The average molecular weight is 268 g/mol. The zero-order chi connectivity index (χ0) is 10.0. The van der Waals surface area contributed by atoms with Crippen molar-refractivity contribution in [2.24, 2.45) is 0 Å². The van der Waals surface area contributed by atoms with Crippen LogP contribution in [0.15, 0.2) is 16.6 Å². The fourth-order valence-electron chi connectivity index (χ4n) is 1.09. The van der Waals surface area contributed by atoms with Gasteiger partial charge in [0.15, 0.2) is 0 Å². The third-order valence-corrected chi connectivity index (χ3v) is 3.14. The Morgan fingerprint density at radius 2 is 2.23 bits per heavy atom. The van der Waals surface area contributed by atoms with Gasteiger partial charge in [0.05, 0.1) is 5.02 Å². The number of hydrogen-bond donors (Lipinski definition) is 1. The topological polar surface area (TPSA) is 20.2 Å². The van der Waals surface area contributed by atoms with E-state index in [-0.39, 0.29) is 18.3 Å². The van der Waals surface area contributed by atoms with Crippen LogP contribution in [0.1, 0.15) is 18.4 Å². The van der Waals surface area contributed by atoms with Gasteiger partial charge in [0.2, 0.25) is 0 Å². The molecule has 1 rings (SSSR count). The van der Waals surface area contributed by atoms with Gasteiger partial charge in [0.1, 0.15) is 5.82 Å². The second-order valence-electron chi connectivity index (χ2n) is 2.84. The number of benzene rings is 1. The van der Waals surface area contributed by atoms with Crippen molar-refractivity contribution in [2.45, 2.75) is 12.8 Å². The van der Waals surface area contributed by atoms with Gasteiger partial charge in [-0.3, -0.25) is 0 Å². The van der Waals surface area contributed by atoms with Crippen LogP contribution in [0, 0.1) is 5.82 Å². The monoisotopic (exact) mass is 266 g/mol. The Hall–Kier alpha value is -0.120. The van der Waals surface area contributed by atoms with Crippen molar-refractivity contribution < 1.29 is 9.50 Å². The van der Waals surface area contributed by atoms with Crippen LogP contribution in [-0.2, 0) is 0 Å². The number of aliphatic hydroxyl groups is 1. The van der Waals surface area contributed by atoms with Crippen molar-refractivity contribution in [3.63, 3.8) is 0 Å². The summed E-state index contributed by atoms with van der Waals surface area (Å²) in [6, 6.07) is 2.88. The Labute approximate surface area is 89.7 Å². The van der Waals surface area contributed by atoms with E-state index in [0.717, 1.165) is 0 Å². The summed E-state index contributed by atoms with van der Waals surface area (Å²) in [7, 11) is 0. The molecule has 0 saturated heterocycles. The Morgan fingerprint density at radius 3 is 2.77 bits per heavy atom. The molecule has 4 heteroatoms. The Kier molecular flexibility index (Phi) is 3.71. The van der Waals surface area contributed by atoms with Gasteiger partial charge in [-0.2, -0.15) is 0 Å². The van der Waals surface area contributed by atoms with Crippen LogP contribution in [0.2, 0.25) is 5.02 Å². The molecule has 0 aliphatic rings. The molecule has 1 nitrogen and oxygen atoms in total. The summed E-state index contributed by atoms with van der Waals surface area (Å²) < 4.78 is 13.9. The molecule has 0 amide bonds. The largest absolute Gasteiger partial charge is 0.396 e. The number of rotatable bonds is 2. The molecule has 72 valence electrons. The van der Waals surface area contributed by atoms with E-state index in [2.05, 4.69) is 15.9 Å². The second kappa shape index (κ2) is 4.40. The number of aliphatic hydroxyl groups excluding tert-OH is 1. The summed E-state index contributed by atoms with van der Waals surface area (Å²) in [6.07, 6.45) is 0. The lowest BCUT2D eigenvalue weighted by atomic mass is 10.0. The third-order valence-electron chi connectivity index (χ3n) is 1.85. The molecule has 1 unspecified atom stereocenters. The lowest BCUT2D eigenvalue weighted by Gasteiger charge is -2.12. The number of hydrogen-bond acceptors (Lipinski definition) is 1.